The van der Waals surface area contributed by atoms with Crippen LogP contribution in [0.2, 0.25) is 0 Å². The summed E-state index contributed by atoms with van der Waals surface area (Å²) in [6.07, 6.45) is 0. The number of rotatable bonds is 5. The maximum atomic E-state index is 6.51. The van der Waals surface area contributed by atoms with Crippen LogP contribution in [0.3, 0.4) is 0 Å². The van der Waals surface area contributed by atoms with E-state index in [1.807, 2.05) is 47.7 Å². The minimum Gasteiger partial charge on any atom is -0.455 e. The van der Waals surface area contributed by atoms with Crippen molar-refractivity contribution in [2.24, 2.45) is 0 Å². The van der Waals surface area contributed by atoms with Crippen LogP contribution in [0.15, 0.2) is 180 Å². The monoisotopic (exact) mass is 707 g/mol. The summed E-state index contributed by atoms with van der Waals surface area (Å²) in [5.41, 5.74) is 8.95. The largest absolute Gasteiger partial charge is 0.455 e. The molecular formula is C49H29N3OS. The zero-order chi connectivity index (χ0) is 35.6. The van der Waals surface area contributed by atoms with E-state index >= 15 is 0 Å². The summed E-state index contributed by atoms with van der Waals surface area (Å²) >= 11 is 1.82. The molecule has 11 rings (SSSR count). The summed E-state index contributed by atoms with van der Waals surface area (Å²) in [5, 5.41) is 6.99. The van der Waals surface area contributed by atoms with Crippen molar-refractivity contribution in [2.45, 2.75) is 0 Å². The Morgan fingerprint density at radius 2 is 1.02 bits per heavy atom. The summed E-state index contributed by atoms with van der Waals surface area (Å²) in [7, 11) is 0. The summed E-state index contributed by atoms with van der Waals surface area (Å²) in [5.74, 6) is 1.87. The molecular weight excluding hydrogens is 679 g/mol. The summed E-state index contributed by atoms with van der Waals surface area (Å²) in [6, 6.07) is 61.4. The zero-order valence-corrected chi connectivity index (χ0v) is 29.7. The normalized spacial score (nSPS) is 11.7. The van der Waals surface area contributed by atoms with E-state index in [0.717, 1.165) is 55.1 Å². The summed E-state index contributed by atoms with van der Waals surface area (Å²) < 4.78 is 8.94. The van der Waals surface area contributed by atoms with Gasteiger partial charge in [-0.3, -0.25) is 0 Å². The molecule has 4 nitrogen and oxygen atoms in total. The van der Waals surface area contributed by atoms with Crippen LogP contribution in [0, 0.1) is 0 Å². The lowest BCUT2D eigenvalue weighted by molar-refractivity contribution is 0.670. The van der Waals surface area contributed by atoms with Crippen molar-refractivity contribution in [3.8, 4) is 56.4 Å². The number of hydrogen-bond donors (Lipinski definition) is 0. The Hall–Kier alpha value is -6.95. The van der Waals surface area contributed by atoms with E-state index in [2.05, 4.69) is 140 Å². The predicted molar refractivity (Wildman–Crippen MR) is 225 cm³/mol. The second kappa shape index (κ2) is 12.3. The number of para-hydroxylation sites is 2. The van der Waals surface area contributed by atoms with E-state index in [1.54, 1.807) is 0 Å². The van der Waals surface area contributed by atoms with Crippen molar-refractivity contribution >= 4 is 64.2 Å². The van der Waals surface area contributed by atoms with Crippen molar-refractivity contribution in [2.75, 3.05) is 0 Å². The van der Waals surface area contributed by atoms with Crippen LogP contribution in [0.1, 0.15) is 0 Å². The number of hydrogen-bond acceptors (Lipinski definition) is 5. The first-order valence-electron chi connectivity index (χ1n) is 18.0. The lowest BCUT2D eigenvalue weighted by atomic mass is 9.97. The fourth-order valence-corrected chi connectivity index (χ4v) is 9.09. The van der Waals surface area contributed by atoms with E-state index < -0.39 is 0 Å². The maximum Gasteiger partial charge on any atom is 0.164 e. The van der Waals surface area contributed by atoms with Crippen LogP contribution < -0.4 is 0 Å². The van der Waals surface area contributed by atoms with E-state index in [-0.39, 0.29) is 0 Å². The van der Waals surface area contributed by atoms with Gasteiger partial charge in [-0.2, -0.15) is 0 Å². The van der Waals surface area contributed by atoms with E-state index in [1.165, 1.54) is 36.7 Å². The maximum absolute atomic E-state index is 6.51. The number of thiophene rings is 1. The van der Waals surface area contributed by atoms with E-state index in [4.69, 9.17) is 19.4 Å². The number of fused-ring (bicyclic) bond motifs is 7. The minimum absolute atomic E-state index is 0.607. The second-order valence-corrected chi connectivity index (χ2v) is 14.6. The molecule has 0 saturated carbocycles. The molecule has 0 saturated heterocycles. The number of aromatic nitrogens is 3. The number of nitrogens with zero attached hydrogens (tertiary/aromatic N) is 3. The Labute approximate surface area is 314 Å². The highest BCUT2D eigenvalue weighted by Gasteiger charge is 2.21. The van der Waals surface area contributed by atoms with Crippen molar-refractivity contribution in [3.63, 3.8) is 0 Å². The molecule has 8 aromatic carbocycles. The molecule has 3 aromatic heterocycles. The van der Waals surface area contributed by atoms with Crippen LogP contribution in [-0.4, -0.2) is 15.0 Å². The number of furan rings is 1. The summed E-state index contributed by atoms with van der Waals surface area (Å²) in [4.78, 5) is 15.7. The third-order valence-corrected chi connectivity index (χ3v) is 11.6. The molecule has 3 heterocycles. The molecule has 0 N–H and O–H groups in total. The molecule has 0 aliphatic heterocycles. The van der Waals surface area contributed by atoms with Gasteiger partial charge in [0.25, 0.3) is 0 Å². The topological polar surface area (TPSA) is 51.8 Å². The number of benzene rings is 8. The van der Waals surface area contributed by atoms with Gasteiger partial charge in [0.2, 0.25) is 0 Å². The molecule has 0 aliphatic carbocycles. The molecule has 5 heteroatoms. The molecule has 11 aromatic rings. The molecule has 0 spiro atoms. The SMILES string of the molecule is c1ccc(-c2nc(-c3ccccc3-c3cccc4c3oc3ccccc34)nc(-c3cccc4sc5c(-c6ccc7ccccc7c6)cccc5c34)n2)cc1. The van der Waals surface area contributed by atoms with Gasteiger partial charge in [-0.1, -0.05) is 158 Å². The molecule has 0 aliphatic rings. The average Bonchev–Trinajstić information content (AvgIpc) is 3.83. The highest BCUT2D eigenvalue weighted by Crippen LogP contribution is 2.45. The molecule has 0 unspecified atom stereocenters. The van der Waals surface area contributed by atoms with Crippen molar-refractivity contribution < 1.29 is 4.42 Å². The Morgan fingerprint density at radius 1 is 0.389 bits per heavy atom. The van der Waals surface area contributed by atoms with Gasteiger partial charge in [0.15, 0.2) is 17.5 Å². The van der Waals surface area contributed by atoms with Gasteiger partial charge in [0.05, 0.1) is 0 Å². The molecule has 0 bridgehead atoms. The Bertz CT molecular complexity index is 3230. The van der Waals surface area contributed by atoms with Gasteiger partial charge < -0.3 is 4.42 Å². The third kappa shape index (κ3) is 4.94. The molecule has 0 radical (unpaired) electrons. The highest BCUT2D eigenvalue weighted by molar-refractivity contribution is 7.26. The first-order valence-corrected chi connectivity index (χ1v) is 18.8. The predicted octanol–water partition coefficient (Wildman–Crippen LogP) is 13.6. The van der Waals surface area contributed by atoms with Crippen molar-refractivity contribution in [3.05, 3.63) is 176 Å². The summed E-state index contributed by atoms with van der Waals surface area (Å²) in [6.45, 7) is 0. The lowest BCUT2D eigenvalue weighted by Gasteiger charge is -2.13. The Kier molecular flexibility index (Phi) is 7.00. The smallest absolute Gasteiger partial charge is 0.164 e. The molecule has 0 atom stereocenters. The average molecular weight is 708 g/mol. The van der Waals surface area contributed by atoms with Gasteiger partial charge in [-0.15, -0.1) is 11.3 Å². The van der Waals surface area contributed by atoms with Crippen molar-refractivity contribution in [1.82, 2.24) is 15.0 Å². The first kappa shape index (κ1) is 30.7. The molecule has 252 valence electrons. The van der Waals surface area contributed by atoms with Crippen LogP contribution in [0.4, 0.5) is 0 Å². The highest BCUT2D eigenvalue weighted by atomic mass is 32.1. The van der Waals surface area contributed by atoms with Gasteiger partial charge in [-0.25, -0.2) is 15.0 Å². The fourth-order valence-electron chi connectivity index (χ4n) is 7.82. The van der Waals surface area contributed by atoms with Crippen LogP contribution in [-0.2, 0) is 0 Å². The Balaban J connectivity index is 1.13. The zero-order valence-electron chi connectivity index (χ0n) is 28.9. The lowest BCUT2D eigenvalue weighted by Crippen LogP contribution is -2.01. The fraction of sp³-hybridized carbons (Fsp3) is 0. The molecule has 0 amide bonds. The van der Waals surface area contributed by atoms with Crippen LogP contribution >= 0.6 is 11.3 Å². The van der Waals surface area contributed by atoms with Gasteiger partial charge in [0.1, 0.15) is 11.2 Å². The minimum atomic E-state index is 0.607. The van der Waals surface area contributed by atoms with Crippen molar-refractivity contribution in [1.29, 1.82) is 0 Å². The first-order chi connectivity index (χ1) is 26.8. The molecule has 0 fully saturated rings. The van der Waals surface area contributed by atoms with E-state index in [9.17, 15) is 0 Å². The van der Waals surface area contributed by atoms with Crippen LogP contribution in [0.5, 0.6) is 0 Å². The van der Waals surface area contributed by atoms with Gasteiger partial charge in [-0.05, 0) is 45.7 Å². The third-order valence-electron chi connectivity index (χ3n) is 10.4. The van der Waals surface area contributed by atoms with E-state index in [0.29, 0.717) is 17.5 Å². The molecule has 54 heavy (non-hydrogen) atoms. The van der Waals surface area contributed by atoms with Crippen LogP contribution in [0.25, 0.3) is 109 Å². The van der Waals surface area contributed by atoms with Gasteiger partial charge >= 0.3 is 0 Å². The Morgan fingerprint density at radius 3 is 1.91 bits per heavy atom. The standard InChI is InChI=1S/C49H29N3OS/c1-2-14-31(15-3-1)47-50-48(39-19-7-6-17-35(39)37-21-11-22-38-36-18-8-9-25-42(36)53-45(37)38)52-49(51-47)41-24-12-26-43-44(41)40-23-10-20-34(46(40)54-43)33-28-27-30-13-4-5-16-32(30)29-33/h1-29H. The second-order valence-electron chi connectivity index (χ2n) is 13.5. The quantitative estimate of drug-likeness (QED) is 0.179. The van der Waals surface area contributed by atoms with Gasteiger partial charge in [0, 0.05) is 53.2 Å².